The first-order valence-corrected chi connectivity index (χ1v) is 4.56. The number of anilines is 1. The molecule has 2 nitrogen and oxygen atoms in total. The molecular weight excluding hydrogens is 188 g/mol. The zero-order valence-electron chi connectivity index (χ0n) is 7.56. The van der Waals surface area contributed by atoms with E-state index < -0.39 is 5.82 Å². The number of rotatable bonds is 1. The van der Waals surface area contributed by atoms with E-state index in [9.17, 15) is 8.78 Å². The Morgan fingerprint density at radius 2 is 2.07 bits per heavy atom. The predicted molar refractivity (Wildman–Crippen MR) is 49.2 cm³/mol. The van der Waals surface area contributed by atoms with Crippen molar-refractivity contribution in [3.63, 3.8) is 0 Å². The van der Waals surface area contributed by atoms with Crippen LogP contribution in [0.3, 0.4) is 0 Å². The van der Waals surface area contributed by atoms with Crippen LogP contribution in [0.4, 0.5) is 14.5 Å². The van der Waals surface area contributed by atoms with Crippen LogP contribution in [0.5, 0.6) is 0 Å². The van der Waals surface area contributed by atoms with Gasteiger partial charge in [0.1, 0.15) is 11.6 Å². The molecular formula is C10H11F2NO. The summed E-state index contributed by atoms with van der Waals surface area (Å²) in [5.74, 6) is -0.843. The zero-order valence-corrected chi connectivity index (χ0v) is 7.56. The Labute approximate surface area is 80.6 Å². The molecule has 0 saturated heterocycles. The fourth-order valence-electron chi connectivity index (χ4n) is 1.73. The number of hydrogen-bond acceptors (Lipinski definition) is 2. The minimum absolute atomic E-state index is 0.0601. The van der Waals surface area contributed by atoms with Gasteiger partial charge in [0.05, 0.1) is 12.3 Å². The van der Waals surface area contributed by atoms with Crippen molar-refractivity contribution in [2.75, 3.05) is 11.9 Å². The molecule has 1 aromatic carbocycles. The number of aliphatic hydroxyl groups excluding tert-OH is 1. The van der Waals surface area contributed by atoms with Crippen molar-refractivity contribution < 1.29 is 13.9 Å². The highest BCUT2D eigenvalue weighted by Crippen LogP contribution is 2.29. The summed E-state index contributed by atoms with van der Waals surface area (Å²) in [4.78, 5) is 0. The lowest BCUT2D eigenvalue weighted by Crippen LogP contribution is -2.29. The molecule has 1 aromatic rings. The van der Waals surface area contributed by atoms with E-state index in [1.165, 1.54) is 0 Å². The van der Waals surface area contributed by atoms with E-state index in [0.29, 0.717) is 18.4 Å². The van der Waals surface area contributed by atoms with Gasteiger partial charge in [0.2, 0.25) is 0 Å². The van der Waals surface area contributed by atoms with Crippen LogP contribution in [0.1, 0.15) is 12.0 Å². The molecule has 0 saturated carbocycles. The van der Waals surface area contributed by atoms with E-state index >= 15 is 0 Å². The van der Waals surface area contributed by atoms with Gasteiger partial charge in [0.25, 0.3) is 0 Å². The van der Waals surface area contributed by atoms with Crippen LogP contribution in [0.15, 0.2) is 12.1 Å². The Morgan fingerprint density at radius 3 is 2.79 bits per heavy atom. The highest BCUT2D eigenvalue weighted by Gasteiger charge is 2.22. The Balaban J connectivity index is 2.40. The van der Waals surface area contributed by atoms with Gasteiger partial charge >= 0.3 is 0 Å². The fourth-order valence-corrected chi connectivity index (χ4v) is 1.73. The van der Waals surface area contributed by atoms with Crippen molar-refractivity contribution in [3.8, 4) is 0 Å². The molecule has 0 fully saturated rings. The summed E-state index contributed by atoms with van der Waals surface area (Å²) in [5.41, 5.74) is 0.588. The van der Waals surface area contributed by atoms with Crippen LogP contribution in [0, 0.1) is 11.6 Å². The molecule has 0 spiro atoms. The standard InChI is InChI=1S/C10H11F2NO/c11-8-3-4-9(12)10-7(8)2-1-6(5-14)13-10/h3-4,6,13-14H,1-2,5H2. The van der Waals surface area contributed by atoms with Crippen LogP contribution < -0.4 is 5.32 Å². The highest BCUT2D eigenvalue weighted by molar-refractivity contribution is 5.55. The molecule has 0 bridgehead atoms. The summed E-state index contributed by atoms with van der Waals surface area (Å²) in [6.07, 6.45) is 1.10. The van der Waals surface area contributed by atoms with Crippen molar-refractivity contribution in [2.45, 2.75) is 18.9 Å². The zero-order chi connectivity index (χ0) is 10.1. The van der Waals surface area contributed by atoms with Crippen LogP contribution in [-0.2, 0) is 6.42 Å². The Morgan fingerprint density at radius 1 is 1.36 bits per heavy atom. The van der Waals surface area contributed by atoms with Gasteiger partial charge < -0.3 is 10.4 Å². The topological polar surface area (TPSA) is 32.3 Å². The minimum Gasteiger partial charge on any atom is -0.394 e. The SMILES string of the molecule is OCC1CCc2c(F)ccc(F)c2N1. The van der Waals surface area contributed by atoms with E-state index in [1.54, 1.807) is 0 Å². The second-order valence-corrected chi connectivity index (χ2v) is 3.45. The van der Waals surface area contributed by atoms with Gasteiger partial charge in [0.15, 0.2) is 0 Å². The molecule has 2 rings (SSSR count). The number of halogens is 2. The third-order valence-corrected chi connectivity index (χ3v) is 2.52. The van der Waals surface area contributed by atoms with Crippen LogP contribution in [0.25, 0.3) is 0 Å². The van der Waals surface area contributed by atoms with Gasteiger partial charge in [-0.05, 0) is 25.0 Å². The van der Waals surface area contributed by atoms with Gasteiger partial charge in [-0.3, -0.25) is 0 Å². The number of benzene rings is 1. The molecule has 76 valence electrons. The lowest BCUT2D eigenvalue weighted by Gasteiger charge is -2.26. The summed E-state index contributed by atoms with van der Waals surface area (Å²) in [6, 6.07) is 2.06. The number of fused-ring (bicyclic) bond motifs is 1. The number of aliphatic hydroxyl groups is 1. The largest absolute Gasteiger partial charge is 0.394 e. The molecule has 0 radical (unpaired) electrons. The first-order valence-electron chi connectivity index (χ1n) is 4.56. The Hall–Kier alpha value is -1.16. The number of nitrogens with one attached hydrogen (secondary N) is 1. The third-order valence-electron chi connectivity index (χ3n) is 2.52. The molecule has 1 heterocycles. The molecule has 0 aromatic heterocycles. The normalized spacial score (nSPS) is 20.1. The third kappa shape index (κ3) is 1.46. The van der Waals surface area contributed by atoms with Crippen molar-refractivity contribution in [3.05, 3.63) is 29.3 Å². The van der Waals surface area contributed by atoms with E-state index in [-0.39, 0.29) is 24.2 Å². The van der Waals surface area contributed by atoms with E-state index in [4.69, 9.17) is 5.11 Å². The summed E-state index contributed by atoms with van der Waals surface area (Å²) in [5, 5.41) is 11.7. The maximum Gasteiger partial charge on any atom is 0.146 e. The summed E-state index contributed by atoms with van der Waals surface area (Å²) in [6.45, 7) is -0.0601. The monoisotopic (exact) mass is 199 g/mol. The first-order chi connectivity index (χ1) is 6.72. The quantitative estimate of drug-likeness (QED) is 0.721. The molecule has 1 aliphatic rings. The molecule has 0 amide bonds. The van der Waals surface area contributed by atoms with Crippen LogP contribution in [0.2, 0.25) is 0 Å². The van der Waals surface area contributed by atoms with Crippen molar-refractivity contribution in [2.24, 2.45) is 0 Å². The first kappa shape index (κ1) is 9.40. The van der Waals surface area contributed by atoms with Crippen LogP contribution >= 0.6 is 0 Å². The van der Waals surface area contributed by atoms with Gasteiger partial charge in [-0.1, -0.05) is 0 Å². The molecule has 1 atom stereocenters. The molecule has 0 aliphatic carbocycles. The molecule has 2 N–H and O–H groups in total. The summed E-state index contributed by atoms with van der Waals surface area (Å²) in [7, 11) is 0. The predicted octanol–water partition coefficient (Wildman–Crippen LogP) is 1.68. The van der Waals surface area contributed by atoms with Crippen molar-refractivity contribution >= 4 is 5.69 Å². The fraction of sp³-hybridized carbons (Fsp3) is 0.400. The van der Waals surface area contributed by atoms with Crippen molar-refractivity contribution in [1.82, 2.24) is 0 Å². The van der Waals surface area contributed by atoms with E-state index in [0.717, 1.165) is 12.1 Å². The average molecular weight is 199 g/mol. The van der Waals surface area contributed by atoms with Crippen LogP contribution in [-0.4, -0.2) is 17.8 Å². The highest BCUT2D eigenvalue weighted by atomic mass is 19.1. The minimum atomic E-state index is -0.459. The van der Waals surface area contributed by atoms with Gasteiger partial charge in [-0.25, -0.2) is 8.78 Å². The van der Waals surface area contributed by atoms with E-state index in [2.05, 4.69) is 5.32 Å². The lowest BCUT2D eigenvalue weighted by molar-refractivity contribution is 0.266. The molecule has 1 unspecified atom stereocenters. The van der Waals surface area contributed by atoms with Gasteiger partial charge in [-0.2, -0.15) is 0 Å². The average Bonchev–Trinajstić information content (AvgIpc) is 2.23. The molecule has 4 heteroatoms. The smallest absolute Gasteiger partial charge is 0.146 e. The Bertz CT molecular complexity index is 354. The lowest BCUT2D eigenvalue weighted by atomic mass is 9.98. The molecule has 1 aliphatic heterocycles. The maximum absolute atomic E-state index is 13.3. The second-order valence-electron chi connectivity index (χ2n) is 3.45. The molecule has 14 heavy (non-hydrogen) atoms. The van der Waals surface area contributed by atoms with Gasteiger partial charge in [0, 0.05) is 11.6 Å². The van der Waals surface area contributed by atoms with E-state index in [1.807, 2.05) is 0 Å². The summed E-state index contributed by atoms with van der Waals surface area (Å²) >= 11 is 0. The Kier molecular flexibility index (Phi) is 2.37. The van der Waals surface area contributed by atoms with Crippen molar-refractivity contribution in [1.29, 1.82) is 0 Å². The second kappa shape index (κ2) is 3.53. The maximum atomic E-state index is 13.3. The summed E-state index contributed by atoms with van der Waals surface area (Å²) < 4.78 is 26.5. The number of hydrogen-bond donors (Lipinski definition) is 2. The van der Waals surface area contributed by atoms with Gasteiger partial charge in [-0.15, -0.1) is 0 Å².